The van der Waals surface area contributed by atoms with E-state index in [-0.39, 0.29) is 17.8 Å². The molecule has 7 heteroatoms. The molecule has 0 amide bonds. The summed E-state index contributed by atoms with van der Waals surface area (Å²) < 4.78 is 10.9. The first-order chi connectivity index (χ1) is 17.3. The number of dihydropyridines is 1. The summed E-state index contributed by atoms with van der Waals surface area (Å²) in [5.74, 6) is -2.90. The van der Waals surface area contributed by atoms with Crippen LogP contribution in [0.25, 0.3) is 0 Å². The van der Waals surface area contributed by atoms with Gasteiger partial charge in [0.25, 0.3) is 0 Å². The second kappa shape index (κ2) is 10.9. The number of nitrogens with zero attached hydrogens (tertiary/aromatic N) is 1. The molecule has 3 atom stereocenters. The molecule has 0 aromatic heterocycles. The lowest BCUT2D eigenvalue weighted by molar-refractivity contribution is -0.151. The molecule has 7 nitrogen and oxygen atoms in total. The number of methoxy groups -OCH3 is 1. The van der Waals surface area contributed by atoms with Crippen LogP contribution >= 0.6 is 0 Å². The van der Waals surface area contributed by atoms with Gasteiger partial charge in [0.05, 0.1) is 12.7 Å². The van der Waals surface area contributed by atoms with Crippen LogP contribution in [0.4, 0.5) is 5.69 Å². The predicted molar refractivity (Wildman–Crippen MR) is 138 cm³/mol. The smallest absolute Gasteiger partial charge is 0.337 e. The third-order valence-corrected chi connectivity index (χ3v) is 7.89. The minimum Gasteiger partial charge on any atom is -0.468 e. The Morgan fingerprint density at radius 3 is 2.31 bits per heavy atom. The molecule has 0 bridgehead atoms. The van der Waals surface area contributed by atoms with Crippen molar-refractivity contribution in [2.45, 2.75) is 71.8 Å². The Labute approximate surface area is 213 Å². The molecule has 0 unspecified atom stereocenters. The number of anilines is 1. The van der Waals surface area contributed by atoms with E-state index in [0.29, 0.717) is 23.3 Å². The van der Waals surface area contributed by atoms with Gasteiger partial charge in [-0.3, -0.25) is 9.59 Å². The van der Waals surface area contributed by atoms with E-state index < -0.39 is 23.8 Å². The Balaban J connectivity index is 1.79. The van der Waals surface area contributed by atoms with Crippen molar-refractivity contribution < 1.29 is 23.9 Å². The van der Waals surface area contributed by atoms with Crippen LogP contribution < -0.4 is 10.2 Å². The number of benzene rings is 1. The first-order valence-electron chi connectivity index (χ1n) is 13.2. The van der Waals surface area contributed by atoms with Crippen molar-refractivity contribution in [3.63, 3.8) is 0 Å². The Hall–Kier alpha value is -3.09. The molecule has 0 radical (unpaired) electrons. The molecule has 1 aromatic rings. The Bertz CT molecular complexity index is 1080. The average molecular weight is 495 g/mol. The lowest BCUT2D eigenvalue weighted by atomic mass is 9.69. The Kier molecular flexibility index (Phi) is 7.86. The molecular formula is C29H38N2O5. The van der Waals surface area contributed by atoms with Crippen LogP contribution in [0.3, 0.4) is 0 Å². The summed E-state index contributed by atoms with van der Waals surface area (Å²) in [7, 11) is 1.31. The average Bonchev–Trinajstić information content (AvgIpc) is 3.37. The number of Topliss-reactive ketones (excluding diaryl/α,β-unsaturated/α-hetero) is 1. The molecular weight excluding hydrogens is 456 g/mol. The van der Waals surface area contributed by atoms with Crippen LogP contribution in [0.2, 0.25) is 0 Å². The Morgan fingerprint density at radius 2 is 1.72 bits per heavy atom. The molecule has 0 saturated heterocycles. The van der Waals surface area contributed by atoms with Crippen LogP contribution in [0.15, 0.2) is 46.8 Å². The van der Waals surface area contributed by atoms with Gasteiger partial charge in [0.2, 0.25) is 0 Å². The van der Waals surface area contributed by atoms with Crippen molar-refractivity contribution >= 4 is 23.4 Å². The zero-order valence-electron chi connectivity index (χ0n) is 22.1. The highest BCUT2D eigenvalue weighted by molar-refractivity contribution is 6.12. The highest BCUT2D eigenvalue weighted by Gasteiger charge is 2.47. The third kappa shape index (κ3) is 4.80. The number of allylic oxidation sites excluding steroid dienone is 3. The highest BCUT2D eigenvalue weighted by Crippen LogP contribution is 2.46. The summed E-state index contributed by atoms with van der Waals surface area (Å²) in [5, 5.41) is 3.34. The first-order valence-corrected chi connectivity index (χ1v) is 13.2. The molecule has 1 heterocycles. The maximum Gasteiger partial charge on any atom is 0.337 e. The number of nitrogens with one attached hydrogen (secondary N) is 1. The number of ether oxygens (including phenoxy) is 2. The fraction of sp³-hybridized carbons (Fsp3) is 0.552. The van der Waals surface area contributed by atoms with Crippen LogP contribution in [-0.2, 0) is 23.9 Å². The fourth-order valence-electron chi connectivity index (χ4n) is 5.97. The van der Waals surface area contributed by atoms with Gasteiger partial charge in [-0.25, -0.2) is 4.79 Å². The molecule has 194 valence electrons. The summed E-state index contributed by atoms with van der Waals surface area (Å²) in [6.07, 6.45) is 4.27. The van der Waals surface area contributed by atoms with Crippen molar-refractivity contribution in [1.82, 2.24) is 5.32 Å². The lowest BCUT2D eigenvalue weighted by Crippen LogP contribution is -2.43. The van der Waals surface area contributed by atoms with E-state index in [0.717, 1.165) is 55.7 Å². The monoisotopic (exact) mass is 494 g/mol. The summed E-state index contributed by atoms with van der Waals surface area (Å²) in [6, 6.07) is 8.05. The quantitative estimate of drug-likeness (QED) is 0.437. The normalized spacial score (nSPS) is 24.4. The molecule has 1 aromatic carbocycles. The molecule has 1 N–H and O–H groups in total. The minimum atomic E-state index is -0.890. The van der Waals surface area contributed by atoms with Crippen molar-refractivity contribution in [3.8, 4) is 0 Å². The highest BCUT2D eigenvalue weighted by atomic mass is 16.5. The second-order valence-corrected chi connectivity index (χ2v) is 10.1. The summed E-state index contributed by atoms with van der Waals surface area (Å²) in [6.45, 7) is 9.75. The summed E-state index contributed by atoms with van der Waals surface area (Å²) in [5.41, 5.74) is 4.32. The maximum atomic E-state index is 13.9. The van der Waals surface area contributed by atoms with E-state index in [1.807, 2.05) is 38.1 Å². The number of hydrogen-bond acceptors (Lipinski definition) is 7. The summed E-state index contributed by atoms with van der Waals surface area (Å²) >= 11 is 0. The molecule has 4 rings (SSSR count). The molecule has 36 heavy (non-hydrogen) atoms. The van der Waals surface area contributed by atoms with E-state index >= 15 is 0 Å². The van der Waals surface area contributed by atoms with E-state index in [9.17, 15) is 14.4 Å². The largest absolute Gasteiger partial charge is 0.468 e. The third-order valence-electron chi connectivity index (χ3n) is 7.89. The number of hydrogen-bond donors (Lipinski definition) is 1. The minimum absolute atomic E-state index is 0.0937. The number of ketones is 1. The van der Waals surface area contributed by atoms with Gasteiger partial charge in [0.15, 0.2) is 5.78 Å². The fourth-order valence-corrected chi connectivity index (χ4v) is 5.97. The van der Waals surface area contributed by atoms with Crippen molar-refractivity contribution in [2.75, 3.05) is 25.1 Å². The van der Waals surface area contributed by atoms with Gasteiger partial charge >= 0.3 is 11.9 Å². The van der Waals surface area contributed by atoms with Crippen molar-refractivity contribution in [3.05, 3.63) is 52.4 Å². The lowest BCUT2D eigenvalue weighted by Gasteiger charge is -2.38. The van der Waals surface area contributed by atoms with Crippen molar-refractivity contribution in [2.24, 2.45) is 11.8 Å². The van der Waals surface area contributed by atoms with Crippen molar-refractivity contribution in [1.29, 1.82) is 0 Å². The second-order valence-electron chi connectivity index (χ2n) is 10.1. The van der Waals surface area contributed by atoms with Gasteiger partial charge < -0.3 is 19.7 Å². The molecule has 3 aliphatic rings. The van der Waals surface area contributed by atoms with Gasteiger partial charge in [-0.05, 0) is 76.5 Å². The number of esters is 2. The molecule has 1 saturated carbocycles. The van der Waals surface area contributed by atoms with Crippen LogP contribution in [0, 0.1) is 11.8 Å². The van der Waals surface area contributed by atoms with E-state index in [1.54, 1.807) is 0 Å². The standard InChI is InChI=1S/C29H38N2O5/c1-6-31(7-2)20-14-12-19(13-15-20)25-24(29(34)36-21-10-8-9-11-21)18(4)30-22-16-17(3)23(28(33)35-5)27(32)26(22)25/h12-15,17,21,23,25,30H,6-11,16H2,1-5H3/t17-,23+,25+/m1/s1. The van der Waals surface area contributed by atoms with Crippen LogP contribution in [0.1, 0.15) is 71.3 Å². The van der Waals surface area contributed by atoms with Crippen LogP contribution in [0.5, 0.6) is 0 Å². The SMILES string of the molecule is CCN(CC)c1ccc([C@H]2C(C(=O)OC3CCCC3)=C(C)NC3=C2C(=O)[C@@H](C(=O)OC)[C@H](C)C3)cc1. The van der Waals surface area contributed by atoms with E-state index in [1.165, 1.54) is 7.11 Å². The zero-order chi connectivity index (χ0) is 26.0. The van der Waals surface area contributed by atoms with Gasteiger partial charge in [0, 0.05) is 41.7 Å². The number of rotatable bonds is 7. The van der Waals surface area contributed by atoms with Gasteiger partial charge in [0.1, 0.15) is 12.0 Å². The first kappa shape index (κ1) is 26.0. The molecule has 2 aliphatic carbocycles. The maximum absolute atomic E-state index is 13.9. The van der Waals surface area contributed by atoms with Crippen LogP contribution in [-0.4, -0.2) is 44.0 Å². The Morgan fingerprint density at radius 1 is 1.08 bits per heavy atom. The molecule has 0 spiro atoms. The zero-order valence-corrected chi connectivity index (χ0v) is 22.1. The summed E-state index contributed by atoms with van der Waals surface area (Å²) in [4.78, 5) is 42.3. The van der Waals surface area contributed by atoms with Gasteiger partial charge in [-0.1, -0.05) is 19.1 Å². The number of carbonyl (C=O) groups is 3. The number of carbonyl (C=O) groups excluding carboxylic acids is 3. The topological polar surface area (TPSA) is 84.9 Å². The predicted octanol–water partition coefficient (Wildman–Crippen LogP) is 4.63. The molecule has 1 fully saturated rings. The van der Waals surface area contributed by atoms with E-state index in [4.69, 9.17) is 9.47 Å². The van der Waals surface area contributed by atoms with E-state index in [2.05, 4.69) is 24.1 Å². The van der Waals surface area contributed by atoms with Gasteiger partial charge in [-0.2, -0.15) is 0 Å². The van der Waals surface area contributed by atoms with Gasteiger partial charge in [-0.15, -0.1) is 0 Å². The molecule has 1 aliphatic heterocycles.